The van der Waals surface area contributed by atoms with E-state index in [0.29, 0.717) is 6.61 Å². The molecule has 0 N–H and O–H groups in total. The first-order valence-electron chi connectivity index (χ1n) is 4.03. The molecule has 0 fully saturated rings. The second-order valence-electron chi connectivity index (χ2n) is 2.72. The molecule has 67 valence electrons. The van der Waals surface area contributed by atoms with Crippen LogP contribution in [0.4, 0.5) is 0 Å². The molecule has 1 aliphatic heterocycles. The smallest absolute Gasteiger partial charge is 0.222 e. The van der Waals surface area contributed by atoms with Crippen LogP contribution >= 0.6 is 11.6 Å². The summed E-state index contributed by atoms with van der Waals surface area (Å²) in [4.78, 5) is 7.70. The molecule has 0 unspecified atom stereocenters. The molecule has 0 aromatic carbocycles. The van der Waals surface area contributed by atoms with Crippen LogP contribution in [0.5, 0.6) is 0 Å². The molecule has 1 aromatic rings. The highest BCUT2D eigenvalue weighted by atomic mass is 35.5. The molecular formula is C9H8ClN2O. The Morgan fingerprint density at radius 2 is 2.46 bits per heavy atom. The van der Waals surface area contributed by atoms with Gasteiger partial charge in [-0.05, 0) is 23.6 Å². The Kier molecular flexibility index (Phi) is 2.57. The lowest BCUT2D eigenvalue weighted by atomic mass is 10.1. The number of halogens is 1. The third-order valence-corrected chi connectivity index (χ3v) is 2.06. The number of hydrogen-bond acceptors (Lipinski definition) is 3. The lowest BCUT2D eigenvalue weighted by molar-refractivity contribution is 0.161. The molecule has 0 saturated heterocycles. The zero-order valence-corrected chi connectivity index (χ0v) is 7.71. The zero-order chi connectivity index (χ0) is 9.10. The largest absolute Gasteiger partial charge is 0.377 e. The van der Waals surface area contributed by atoms with Gasteiger partial charge in [-0.3, -0.25) is 0 Å². The standard InChI is InChI=1S/C9H8ClN2O/c10-9-11-5-8(6-12-9)7-1-3-13-4-2-7/h1,5H,2-4H2. The second kappa shape index (κ2) is 3.85. The molecule has 1 aliphatic rings. The molecule has 0 saturated carbocycles. The highest BCUT2D eigenvalue weighted by Crippen LogP contribution is 2.19. The van der Waals surface area contributed by atoms with Crippen LogP contribution in [0, 0.1) is 6.20 Å². The van der Waals surface area contributed by atoms with E-state index in [9.17, 15) is 0 Å². The van der Waals surface area contributed by atoms with Gasteiger partial charge < -0.3 is 4.74 Å². The summed E-state index contributed by atoms with van der Waals surface area (Å²) < 4.78 is 5.19. The average molecular weight is 196 g/mol. The topological polar surface area (TPSA) is 35.0 Å². The van der Waals surface area contributed by atoms with Gasteiger partial charge in [0.15, 0.2) is 0 Å². The fraction of sp³-hybridized carbons (Fsp3) is 0.333. The van der Waals surface area contributed by atoms with Gasteiger partial charge in [-0.1, -0.05) is 6.08 Å². The van der Waals surface area contributed by atoms with Crippen molar-refractivity contribution >= 4 is 17.2 Å². The van der Waals surface area contributed by atoms with Crippen molar-refractivity contribution < 1.29 is 4.74 Å². The van der Waals surface area contributed by atoms with E-state index in [2.05, 4.69) is 16.2 Å². The summed E-state index contributed by atoms with van der Waals surface area (Å²) in [5.74, 6) is 0. The molecule has 13 heavy (non-hydrogen) atoms. The van der Waals surface area contributed by atoms with E-state index >= 15 is 0 Å². The summed E-state index contributed by atoms with van der Waals surface area (Å²) in [6.45, 7) is 1.41. The fourth-order valence-electron chi connectivity index (χ4n) is 1.21. The normalized spacial score (nSPS) is 16.8. The first-order chi connectivity index (χ1) is 6.36. The molecule has 2 heterocycles. The third-order valence-electron chi connectivity index (χ3n) is 1.88. The van der Waals surface area contributed by atoms with Gasteiger partial charge in [-0.15, -0.1) is 0 Å². The Morgan fingerprint density at radius 3 is 3.08 bits per heavy atom. The SMILES string of the molecule is Clc1n[c]c(C2=CCOCC2)cn1. The predicted octanol–water partition coefficient (Wildman–Crippen LogP) is 1.73. The molecular weight excluding hydrogens is 188 g/mol. The number of hydrogen-bond donors (Lipinski definition) is 0. The lowest BCUT2D eigenvalue weighted by Gasteiger charge is -2.12. The van der Waals surface area contributed by atoms with Crippen LogP contribution in [0.25, 0.3) is 5.57 Å². The number of rotatable bonds is 1. The minimum absolute atomic E-state index is 0.233. The van der Waals surface area contributed by atoms with Gasteiger partial charge in [0.1, 0.15) is 6.20 Å². The van der Waals surface area contributed by atoms with E-state index in [1.165, 1.54) is 5.57 Å². The molecule has 1 aromatic heterocycles. The van der Waals surface area contributed by atoms with Gasteiger partial charge in [0.25, 0.3) is 0 Å². The van der Waals surface area contributed by atoms with Crippen molar-refractivity contribution in [2.75, 3.05) is 13.2 Å². The lowest BCUT2D eigenvalue weighted by Crippen LogP contribution is -2.04. The molecule has 0 atom stereocenters. The summed E-state index contributed by atoms with van der Waals surface area (Å²) in [6, 6.07) is 0. The first-order valence-corrected chi connectivity index (χ1v) is 4.41. The number of ether oxygens (including phenoxy) is 1. The van der Waals surface area contributed by atoms with Crippen LogP contribution in [-0.4, -0.2) is 23.2 Å². The van der Waals surface area contributed by atoms with Crippen molar-refractivity contribution in [1.82, 2.24) is 9.97 Å². The minimum atomic E-state index is 0.233. The van der Waals surface area contributed by atoms with Crippen LogP contribution in [0.1, 0.15) is 12.0 Å². The maximum absolute atomic E-state index is 5.55. The third kappa shape index (κ3) is 2.05. The summed E-state index contributed by atoms with van der Waals surface area (Å²) in [7, 11) is 0. The van der Waals surface area contributed by atoms with Crippen molar-refractivity contribution in [2.24, 2.45) is 0 Å². The second-order valence-corrected chi connectivity index (χ2v) is 3.06. The van der Waals surface area contributed by atoms with Gasteiger partial charge >= 0.3 is 0 Å². The van der Waals surface area contributed by atoms with Crippen molar-refractivity contribution in [2.45, 2.75) is 6.42 Å². The van der Waals surface area contributed by atoms with Gasteiger partial charge in [-0.2, -0.15) is 0 Å². The summed E-state index contributed by atoms with van der Waals surface area (Å²) >= 11 is 5.55. The fourth-order valence-corrected chi connectivity index (χ4v) is 1.30. The Labute approximate surface area is 81.4 Å². The van der Waals surface area contributed by atoms with E-state index < -0.39 is 0 Å². The molecule has 0 spiro atoms. The highest BCUT2D eigenvalue weighted by molar-refractivity contribution is 6.28. The van der Waals surface area contributed by atoms with Gasteiger partial charge in [0.2, 0.25) is 5.28 Å². The molecule has 4 heteroatoms. The molecule has 1 radical (unpaired) electrons. The molecule has 2 rings (SSSR count). The molecule has 3 nitrogen and oxygen atoms in total. The van der Waals surface area contributed by atoms with Crippen LogP contribution in [0.3, 0.4) is 0 Å². The van der Waals surface area contributed by atoms with E-state index in [1.54, 1.807) is 6.20 Å². The molecule has 0 aliphatic carbocycles. The van der Waals surface area contributed by atoms with E-state index in [0.717, 1.165) is 18.6 Å². The number of aromatic nitrogens is 2. The van der Waals surface area contributed by atoms with Crippen LogP contribution in [0.15, 0.2) is 12.3 Å². The Balaban J connectivity index is 2.24. The predicted molar refractivity (Wildman–Crippen MR) is 49.3 cm³/mol. The quantitative estimate of drug-likeness (QED) is 0.641. The summed E-state index contributed by atoms with van der Waals surface area (Å²) in [5.41, 5.74) is 2.09. The number of nitrogens with zero attached hydrogens (tertiary/aromatic N) is 2. The van der Waals surface area contributed by atoms with Gasteiger partial charge in [-0.25, -0.2) is 9.97 Å². The van der Waals surface area contributed by atoms with Crippen molar-refractivity contribution in [3.05, 3.63) is 29.3 Å². The Bertz CT molecular complexity index is 321. The van der Waals surface area contributed by atoms with Crippen molar-refractivity contribution in [1.29, 1.82) is 0 Å². The Hall–Kier alpha value is -0.930. The maximum Gasteiger partial charge on any atom is 0.222 e. The highest BCUT2D eigenvalue weighted by Gasteiger charge is 2.07. The minimum Gasteiger partial charge on any atom is -0.377 e. The van der Waals surface area contributed by atoms with E-state index in [4.69, 9.17) is 16.3 Å². The zero-order valence-electron chi connectivity index (χ0n) is 6.96. The van der Waals surface area contributed by atoms with Crippen LogP contribution in [0.2, 0.25) is 5.28 Å². The van der Waals surface area contributed by atoms with E-state index in [1.807, 2.05) is 6.08 Å². The maximum atomic E-state index is 5.55. The van der Waals surface area contributed by atoms with Crippen molar-refractivity contribution in [3.8, 4) is 0 Å². The first kappa shape index (κ1) is 8.66. The van der Waals surface area contributed by atoms with E-state index in [-0.39, 0.29) is 5.28 Å². The van der Waals surface area contributed by atoms with Gasteiger partial charge in [0, 0.05) is 11.8 Å². The van der Waals surface area contributed by atoms with Crippen molar-refractivity contribution in [3.63, 3.8) is 0 Å². The molecule has 0 amide bonds. The Morgan fingerprint density at radius 1 is 1.54 bits per heavy atom. The van der Waals surface area contributed by atoms with Crippen LogP contribution < -0.4 is 0 Å². The van der Waals surface area contributed by atoms with Crippen LogP contribution in [-0.2, 0) is 4.74 Å². The molecule has 0 bridgehead atoms. The summed E-state index contributed by atoms with van der Waals surface area (Å²) in [6.07, 6.45) is 7.44. The monoisotopic (exact) mass is 195 g/mol. The van der Waals surface area contributed by atoms with Gasteiger partial charge in [0.05, 0.1) is 13.2 Å². The summed E-state index contributed by atoms with van der Waals surface area (Å²) in [5, 5.41) is 0.233. The average Bonchev–Trinajstić information content (AvgIpc) is 2.20.